The average Bonchev–Trinajstić information content (AvgIpc) is 2.80. The molecule has 1 aromatic rings. The molecule has 3 nitrogen and oxygen atoms in total. The minimum atomic E-state index is -4.43. The Kier molecular flexibility index (Phi) is 3.50. The van der Waals surface area contributed by atoms with Crippen LogP contribution in [0.15, 0.2) is 12.1 Å². The van der Waals surface area contributed by atoms with E-state index in [1.807, 2.05) is 0 Å². The molecule has 6 heteroatoms. The first-order chi connectivity index (χ1) is 9.57. The number of halogens is 3. The molecule has 0 aliphatic carbocycles. The Morgan fingerprint density at radius 1 is 1.10 bits per heavy atom. The molecule has 2 aliphatic heterocycles. The van der Waals surface area contributed by atoms with Crippen molar-refractivity contribution >= 4 is 0 Å². The van der Waals surface area contributed by atoms with Gasteiger partial charge in [0.15, 0.2) is 11.5 Å². The lowest BCUT2D eigenvalue weighted by Crippen LogP contribution is -2.12. The third kappa shape index (κ3) is 2.44. The zero-order valence-corrected chi connectivity index (χ0v) is 10.9. The van der Waals surface area contributed by atoms with Gasteiger partial charge in [-0.3, -0.25) is 0 Å². The fourth-order valence-corrected chi connectivity index (χ4v) is 2.74. The monoisotopic (exact) mass is 287 g/mol. The lowest BCUT2D eigenvalue weighted by Gasteiger charge is -2.20. The third-order valence-electron chi connectivity index (χ3n) is 3.73. The molecule has 0 bridgehead atoms. The van der Waals surface area contributed by atoms with Crippen molar-refractivity contribution in [3.63, 3.8) is 0 Å². The Labute approximate surface area is 115 Å². The number of benzene rings is 1. The zero-order valence-electron chi connectivity index (χ0n) is 10.9. The second kappa shape index (κ2) is 5.16. The zero-order chi connectivity index (χ0) is 14.2. The quantitative estimate of drug-likeness (QED) is 0.861. The van der Waals surface area contributed by atoms with Crippen LogP contribution < -0.4 is 14.8 Å². The SMILES string of the molecule is FC(F)(F)c1ccc(C2CCNC2)c2c1OCCCO2. The summed E-state index contributed by atoms with van der Waals surface area (Å²) >= 11 is 0. The highest BCUT2D eigenvalue weighted by Gasteiger charge is 2.38. The van der Waals surface area contributed by atoms with Crippen LogP contribution >= 0.6 is 0 Å². The van der Waals surface area contributed by atoms with Crippen LogP contribution in [-0.4, -0.2) is 26.3 Å². The maximum atomic E-state index is 13.1. The Balaban J connectivity index is 2.09. The second-order valence-corrected chi connectivity index (χ2v) is 5.10. The number of hydrogen-bond donors (Lipinski definition) is 1. The molecule has 2 aliphatic rings. The van der Waals surface area contributed by atoms with Crippen molar-refractivity contribution in [1.82, 2.24) is 5.32 Å². The number of hydrogen-bond acceptors (Lipinski definition) is 3. The summed E-state index contributed by atoms with van der Waals surface area (Å²) in [5.41, 5.74) is 0.0732. The molecule has 1 unspecified atom stereocenters. The molecular weight excluding hydrogens is 271 g/mol. The van der Waals surface area contributed by atoms with Crippen molar-refractivity contribution < 1.29 is 22.6 Å². The van der Waals surface area contributed by atoms with Crippen molar-refractivity contribution in [2.24, 2.45) is 0 Å². The smallest absolute Gasteiger partial charge is 0.420 e. The van der Waals surface area contributed by atoms with Crippen molar-refractivity contribution in [1.29, 1.82) is 0 Å². The van der Waals surface area contributed by atoms with Crippen LogP contribution in [0.1, 0.15) is 29.9 Å². The molecule has 0 radical (unpaired) electrons. The minimum absolute atomic E-state index is 0.139. The van der Waals surface area contributed by atoms with Gasteiger partial charge in [0.1, 0.15) is 5.56 Å². The molecule has 110 valence electrons. The Hall–Kier alpha value is -1.43. The van der Waals surface area contributed by atoms with Gasteiger partial charge in [-0.1, -0.05) is 6.07 Å². The van der Waals surface area contributed by atoms with Crippen LogP contribution in [0.2, 0.25) is 0 Å². The molecule has 2 heterocycles. The van der Waals surface area contributed by atoms with Gasteiger partial charge >= 0.3 is 6.18 Å². The summed E-state index contributed by atoms with van der Waals surface area (Å²) in [5, 5.41) is 3.22. The fraction of sp³-hybridized carbons (Fsp3) is 0.571. The predicted octanol–water partition coefficient (Wildman–Crippen LogP) is 2.94. The summed E-state index contributed by atoms with van der Waals surface area (Å²) < 4.78 is 50.1. The normalized spacial score (nSPS) is 22.6. The van der Waals surface area contributed by atoms with Gasteiger partial charge in [0.25, 0.3) is 0 Å². The maximum absolute atomic E-state index is 13.1. The van der Waals surface area contributed by atoms with Crippen LogP contribution in [0.25, 0.3) is 0 Å². The van der Waals surface area contributed by atoms with E-state index >= 15 is 0 Å². The van der Waals surface area contributed by atoms with E-state index in [-0.39, 0.29) is 24.0 Å². The highest BCUT2D eigenvalue weighted by Crippen LogP contribution is 2.46. The number of fused-ring (bicyclic) bond motifs is 1. The molecule has 0 amide bonds. The molecule has 1 aromatic carbocycles. The van der Waals surface area contributed by atoms with E-state index in [4.69, 9.17) is 9.47 Å². The van der Waals surface area contributed by atoms with Crippen LogP contribution in [0.3, 0.4) is 0 Å². The first kappa shape index (κ1) is 13.5. The molecule has 1 atom stereocenters. The van der Waals surface area contributed by atoms with Gasteiger partial charge < -0.3 is 14.8 Å². The Morgan fingerprint density at radius 3 is 2.50 bits per heavy atom. The van der Waals surface area contributed by atoms with E-state index in [9.17, 15) is 13.2 Å². The molecular formula is C14H16F3NO2. The first-order valence-electron chi connectivity index (χ1n) is 6.78. The number of alkyl halides is 3. The Bertz CT molecular complexity index is 496. The lowest BCUT2D eigenvalue weighted by molar-refractivity contribution is -0.139. The van der Waals surface area contributed by atoms with E-state index in [2.05, 4.69) is 5.32 Å². The van der Waals surface area contributed by atoms with E-state index in [0.717, 1.165) is 31.1 Å². The van der Waals surface area contributed by atoms with E-state index < -0.39 is 11.7 Å². The fourth-order valence-electron chi connectivity index (χ4n) is 2.74. The Morgan fingerprint density at radius 2 is 1.85 bits per heavy atom. The number of rotatable bonds is 1. The van der Waals surface area contributed by atoms with Gasteiger partial charge in [0.2, 0.25) is 0 Å². The largest absolute Gasteiger partial charge is 0.489 e. The van der Waals surface area contributed by atoms with Crippen molar-refractivity contribution in [3.05, 3.63) is 23.3 Å². The number of ether oxygens (including phenoxy) is 2. The van der Waals surface area contributed by atoms with Gasteiger partial charge in [-0.15, -0.1) is 0 Å². The molecule has 0 aromatic heterocycles. The summed E-state index contributed by atoms with van der Waals surface area (Å²) in [6, 6.07) is 2.65. The summed E-state index contributed by atoms with van der Waals surface area (Å²) in [4.78, 5) is 0. The molecule has 3 rings (SSSR count). The highest BCUT2D eigenvalue weighted by molar-refractivity contribution is 5.55. The van der Waals surface area contributed by atoms with Crippen molar-refractivity contribution in [2.45, 2.75) is 24.9 Å². The molecule has 0 saturated carbocycles. The summed E-state index contributed by atoms with van der Waals surface area (Å²) in [6.45, 7) is 2.28. The molecule has 1 N–H and O–H groups in total. The van der Waals surface area contributed by atoms with Gasteiger partial charge in [-0.2, -0.15) is 13.2 Å². The van der Waals surface area contributed by atoms with Crippen molar-refractivity contribution in [2.75, 3.05) is 26.3 Å². The standard InChI is InChI=1S/C14H16F3NO2/c15-14(16,17)11-3-2-10(9-4-5-18-8-9)12-13(11)20-7-1-6-19-12/h2-3,9,18H,1,4-8H2. The first-order valence-corrected chi connectivity index (χ1v) is 6.78. The summed E-state index contributed by atoms with van der Waals surface area (Å²) in [5.74, 6) is 0.332. The second-order valence-electron chi connectivity index (χ2n) is 5.10. The van der Waals surface area contributed by atoms with Crippen LogP contribution in [-0.2, 0) is 6.18 Å². The molecule has 20 heavy (non-hydrogen) atoms. The highest BCUT2D eigenvalue weighted by atomic mass is 19.4. The van der Waals surface area contributed by atoms with E-state index in [1.165, 1.54) is 6.07 Å². The third-order valence-corrected chi connectivity index (χ3v) is 3.73. The summed E-state index contributed by atoms with van der Waals surface area (Å²) in [7, 11) is 0. The van der Waals surface area contributed by atoms with Crippen molar-refractivity contribution in [3.8, 4) is 11.5 Å². The minimum Gasteiger partial charge on any atom is -0.489 e. The maximum Gasteiger partial charge on any atom is 0.420 e. The predicted molar refractivity (Wildman–Crippen MR) is 67.3 cm³/mol. The van der Waals surface area contributed by atoms with Gasteiger partial charge in [0.05, 0.1) is 13.2 Å². The molecule has 0 spiro atoms. The van der Waals surface area contributed by atoms with E-state index in [0.29, 0.717) is 13.0 Å². The average molecular weight is 287 g/mol. The van der Waals surface area contributed by atoms with E-state index in [1.54, 1.807) is 0 Å². The molecule has 1 saturated heterocycles. The van der Waals surface area contributed by atoms with Crippen LogP contribution in [0, 0.1) is 0 Å². The van der Waals surface area contributed by atoms with Gasteiger partial charge in [-0.25, -0.2) is 0 Å². The van der Waals surface area contributed by atoms with Gasteiger partial charge in [-0.05, 0) is 19.0 Å². The lowest BCUT2D eigenvalue weighted by atomic mass is 9.95. The summed E-state index contributed by atoms with van der Waals surface area (Å²) in [6.07, 6.45) is -2.93. The van der Waals surface area contributed by atoms with Gasteiger partial charge in [0, 0.05) is 24.4 Å². The number of nitrogens with one attached hydrogen (secondary N) is 1. The van der Waals surface area contributed by atoms with Crippen LogP contribution in [0.4, 0.5) is 13.2 Å². The molecule has 1 fully saturated rings. The topological polar surface area (TPSA) is 30.5 Å². The van der Waals surface area contributed by atoms with Crippen LogP contribution in [0.5, 0.6) is 11.5 Å².